The quantitative estimate of drug-likeness (QED) is 0.777. The Balaban J connectivity index is 1.38. The molecule has 1 saturated heterocycles. The van der Waals surface area contributed by atoms with Gasteiger partial charge >= 0.3 is 0 Å². The summed E-state index contributed by atoms with van der Waals surface area (Å²) in [5, 5.41) is 3.11. The Morgan fingerprint density at radius 3 is 2.70 bits per heavy atom. The third-order valence-electron chi connectivity index (χ3n) is 5.79. The van der Waals surface area contributed by atoms with E-state index in [1.165, 1.54) is 36.8 Å². The Hall–Kier alpha value is -2.10. The maximum atomic E-state index is 12.5. The van der Waals surface area contributed by atoms with E-state index < -0.39 is 0 Å². The third-order valence-corrected chi connectivity index (χ3v) is 5.79. The average molecular weight is 369 g/mol. The molecule has 2 amide bonds. The van der Waals surface area contributed by atoms with Crippen LogP contribution >= 0.6 is 0 Å². The molecule has 0 unspecified atom stereocenters. The van der Waals surface area contributed by atoms with E-state index in [4.69, 9.17) is 0 Å². The van der Waals surface area contributed by atoms with Crippen LogP contribution < -0.4 is 5.32 Å². The topological polar surface area (TPSA) is 49.4 Å². The van der Waals surface area contributed by atoms with Gasteiger partial charge in [-0.3, -0.25) is 9.59 Å². The molecule has 0 spiro atoms. The number of hydrogen-bond donors (Lipinski definition) is 1. The van der Waals surface area contributed by atoms with E-state index in [1.54, 1.807) is 0 Å². The summed E-state index contributed by atoms with van der Waals surface area (Å²) in [6.45, 7) is 4.17. The maximum Gasteiger partial charge on any atom is 0.226 e. The lowest BCUT2D eigenvalue weighted by atomic mass is 9.94. The lowest BCUT2D eigenvalue weighted by molar-refractivity contribution is -0.135. The second-order valence-corrected chi connectivity index (χ2v) is 7.97. The van der Waals surface area contributed by atoms with Crippen molar-refractivity contribution >= 4 is 11.8 Å². The van der Waals surface area contributed by atoms with Gasteiger partial charge in [-0.1, -0.05) is 41.5 Å². The van der Waals surface area contributed by atoms with Crippen molar-refractivity contribution in [2.24, 2.45) is 5.92 Å². The van der Waals surface area contributed by atoms with Gasteiger partial charge in [0.1, 0.15) is 0 Å². The van der Waals surface area contributed by atoms with Crippen molar-refractivity contribution in [1.82, 2.24) is 10.2 Å². The number of amides is 2. The number of rotatable bonds is 6. The van der Waals surface area contributed by atoms with E-state index >= 15 is 0 Å². The molecule has 0 atom stereocenters. The summed E-state index contributed by atoms with van der Waals surface area (Å²) in [5.74, 6) is 0.384. The minimum Gasteiger partial charge on any atom is -0.356 e. The van der Waals surface area contributed by atoms with Crippen molar-refractivity contribution in [3.8, 4) is 0 Å². The summed E-state index contributed by atoms with van der Waals surface area (Å²) in [5.41, 5.74) is 3.75. The molecule has 0 radical (unpaired) electrons. The summed E-state index contributed by atoms with van der Waals surface area (Å²) in [4.78, 5) is 26.8. The second-order valence-electron chi connectivity index (χ2n) is 7.97. The largest absolute Gasteiger partial charge is 0.356 e. The predicted molar refractivity (Wildman–Crippen MR) is 108 cm³/mol. The molecule has 4 heteroatoms. The molecule has 0 bridgehead atoms. The minimum atomic E-state index is 0.0494. The Labute approximate surface area is 163 Å². The number of benzene rings is 1. The van der Waals surface area contributed by atoms with E-state index in [0.717, 1.165) is 31.4 Å². The second kappa shape index (κ2) is 9.72. The Morgan fingerprint density at radius 1 is 1.19 bits per heavy atom. The zero-order valence-electron chi connectivity index (χ0n) is 16.5. The van der Waals surface area contributed by atoms with Gasteiger partial charge in [-0.2, -0.15) is 0 Å². The molecular formula is C23H32N2O2. The summed E-state index contributed by atoms with van der Waals surface area (Å²) in [6.07, 6.45) is 10.3. The van der Waals surface area contributed by atoms with E-state index in [9.17, 15) is 9.59 Å². The van der Waals surface area contributed by atoms with Gasteiger partial charge in [-0.15, -0.1) is 0 Å². The van der Waals surface area contributed by atoms with Gasteiger partial charge < -0.3 is 10.2 Å². The van der Waals surface area contributed by atoms with Crippen LogP contribution in [0.15, 0.2) is 35.9 Å². The predicted octanol–water partition coefficient (Wildman–Crippen LogP) is 3.78. The first-order valence-electron chi connectivity index (χ1n) is 10.4. The number of piperidine rings is 1. The third kappa shape index (κ3) is 5.95. The molecule has 1 N–H and O–H groups in total. The maximum absolute atomic E-state index is 12.5. The number of nitrogens with zero attached hydrogens (tertiary/aromatic N) is 1. The Bertz CT molecular complexity index is 687. The summed E-state index contributed by atoms with van der Waals surface area (Å²) in [7, 11) is 0. The van der Waals surface area contributed by atoms with Crippen LogP contribution in [0.2, 0.25) is 0 Å². The van der Waals surface area contributed by atoms with Crippen molar-refractivity contribution in [1.29, 1.82) is 0 Å². The van der Waals surface area contributed by atoms with Crippen LogP contribution in [-0.2, 0) is 16.0 Å². The summed E-state index contributed by atoms with van der Waals surface area (Å²) < 4.78 is 0. The van der Waals surface area contributed by atoms with Gasteiger partial charge in [0.15, 0.2) is 0 Å². The number of allylic oxidation sites excluding steroid dienone is 1. The molecule has 0 saturated carbocycles. The van der Waals surface area contributed by atoms with Gasteiger partial charge in [-0.25, -0.2) is 0 Å². The smallest absolute Gasteiger partial charge is 0.226 e. The molecule has 1 aromatic rings. The van der Waals surface area contributed by atoms with Gasteiger partial charge in [0.25, 0.3) is 0 Å². The minimum absolute atomic E-state index is 0.0494. The fraction of sp³-hybridized carbons (Fsp3) is 0.565. The van der Waals surface area contributed by atoms with Crippen LogP contribution in [-0.4, -0.2) is 36.3 Å². The molecule has 3 rings (SSSR count). The van der Waals surface area contributed by atoms with E-state index in [-0.39, 0.29) is 17.7 Å². The molecule has 1 aliphatic carbocycles. The van der Waals surface area contributed by atoms with Crippen molar-refractivity contribution in [3.05, 3.63) is 47.0 Å². The first kappa shape index (κ1) is 19.7. The molecular weight excluding hydrogens is 336 g/mol. The first-order chi connectivity index (χ1) is 13.1. The molecule has 146 valence electrons. The summed E-state index contributed by atoms with van der Waals surface area (Å²) in [6, 6.07) is 8.12. The van der Waals surface area contributed by atoms with Gasteiger partial charge in [0.2, 0.25) is 11.8 Å². The average Bonchev–Trinajstić information content (AvgIpc) is 2.69. The number of likely N-dealkylation sites (tertiary alicyclic amines) is 1. The molecule has 0 aromatic heterocycles. The number of hydrogen-bond acceptors (Lipinski definition) is 2. The number of carbonyl (C=O) groups excluding carboxylic acids is 2. The highest BCUT2D eigenvalue weighted by atomic mass is 16.2. The normalized spacial score (nSPS) is 18.1. The fourth-order valence-electron chi connectivity index (χ4n) is 4.12. The molecule has 2 aliphatic rings. The van der Waals surface area contributed by atoms with E-state index in [1.807, 2.05) is 30.0 Å². The van der Waals surface area contributed by atoms with E-state index in [0.29, 0.717) is 19.5 Å². The van der Waals surface area contributed by atoms with E-state index in [2.05, 4.69) is 17.5 Å². The van der Waals surface area contributed by atoms with Crippen LogP contribution in [0.3, 0.4) is 0 Å². The lowest BCUT2D eigenvalue weighted by Crippen LogP contribution is -2.43. The van der Waals surface area contributed by atoms with Gasteiger partial charge in [0.05, 0.1) is 6.42 Å². The standard InChI is InChI=1S/C23H32N2O2/c1-18-6-5-9-20(16-18)17-22(26)25-14-11-21(12-15-25)23(27)24-13-10-19-7-3-2-4-8-19/h5-7,9,16,21H,2-4,8,10-15,17H2,1H3,(H,24,27). The highest BCUT2D eigenvalue weighted by molar-refractivity contribution is 5.81. The zero-order valence-corrected chi connectivity index (χ0v) is 16.5. The first-order valence-corrected chi connectivity index (χ1v) is 10.4. The fourth-order valence-corrected chi connectivity index (χ4v) is 4.12. The molecule has 4 nitrogen and oxygen atoms in total. The van der Waals surface area contributed by atoms with Crippen LogP contribution in [0.25, 0.3) is 0 Å². The zero-order chi connectivity index (χ0) is 19.1. The number of nitrogens with one attached hydrogen (secondary N) is 1. The lowest BCUT2D eigenvalue weighted by Gasteiger charge is -2.31. The van der Waals surface area contributed by atoms with Crippen molar-refractivity contribution in [2.75, 3.05) is 19.6 Å². The van der Waals surface area contributed by atoms with Crippen molar-refractivity contribution < 1.29 is 9.59 Å². The number of carbonyl (C=O) groups is 2. The van der Waals surface area contributed by atoms with Crippen LogP contribution in [0, 0.1) is 12.8 Å². The monoisotopic (exact) mass is 368 g/mol. The SMILES string of the molecule is Cc1cccc(CC(=O)N2CCC(C(=O)NCCC3=CCCCC3)CC2)c1. The molecule has 1 heterocycles. The number of aryl methyl sites for hydroxylation is 1. The molecule has 1 aromatic carbocycles. The molecule has 27 heavy (non-hydrogen) atoms. The van der Waals surface area contributed by atoms with Crippen LogP contribution in [0.5, 0.6) is 0 Å². The molecule has 1 aliphatic heterocycles. The highest BCUT2D eigenvalue weighted by Crippen LogP contribution is 2.21. The van der Waals surface area contributed by atoms with Gasteiger partial charge in [0, 0.05) is 25.6 Å². The van der Waals surface area contributed by atoms with Crippen LogP contribution in [0.4, 0.5) is 0 Å². The van der Waals surface area contributed by atoms with Crippen LogP contribution in [0.1, 0.15) is 56.1 Å². The van der Waals surface area contributed by atoms with Crippen molar-refractivity contribution in [3.63, 3.8) is 0 Å². The highest BCUT2D eigenvalue weighted by Gasteiger charge is 2.27. The summed E-state index contributed by atoms with van der Waals surface area (Å²) >= 11 is 0. The van der Waals surface area contributed by atoms with Crippen molar-refractivity contribution in [2.45, 2.75) is 58.3 Å². The molecule has 1 fully saturated rings. The Kier molecular flexibility index (Phi) is 7.08. The van der Waals surface area contributed by atoms with Gasteiger partial charge in [-0.05, 0) is 57.4 Å². The Morgan fingerprint density at radius 2 is 2.00 bits per heavy atom.